The predicted octanol–water partition coefficient (Wildman–Crippen LogP) is 3.02. The number of carbonyl (C=O) groups excluding carboxylic acids is 3. The van der Waals surface area contributed by atoms with Crippen molar-refractivity contribution in [1.29, 1.82) is 0 Å². The summed E-state index contributed by atoms with van der Waals surface area (Å²) in [5, 5.41) is -1.28. The van der Waals surface area contributed by atoms with E-state index in [1.54, 1.807) is 24.3 Å². The van der Waals surface area contributed by atoms with Crippen LogP contribution < -0.4 is 16.2 Å². The molecule has 1 rings (SSSR count). The van der Waals surface area contributed by atoms with E-state index in [9.17, 15) is 4.79 Å². The van der Waals surface area contributed by atoms with E-state index >= 15 is 0 Å². The molecule has 1 aromatic rings. The van der Waals surface area contributed by atoms with Gasteiger partial charge >= 0.3 is 0 Å². The molecule has 0 radical (unpaired) electrons. The second kappa shape index (κ2) is 20.6. The number of ether oxygens (including phenoxy) is 1. The summed E-state index contributed by atoms with van der Waals surface area (Å²) in [6, 6.07) is 8.90. The fourth-order valence-corrected chi connectivity index (χ4v) is 0.555. The van der Waals surface area contributed by atoms with Gasteiger partial charge in [0.05, 0.1) is 0 Å². The van der Waals surface area contributed by atoms with Crippen molar-refractivity contribution in [3.8, 4) is 5.75 Å². The smallest absolute Gasteiger partial charge is 0.298 e. The minimum atomic E-state index is -0.639. The number of nitrogens with two attached hydrogens (primary N) is 2. The average molecular weight is 334 g/mol. The number of para-hydroxylation sites is 1. The maximum Gasteiger partial charge on any atom is 0.298 e. The Morgan fingerprint density at radius 3 is 1.62 bits per heavy atom. The Balaban J connectivity index is -0.000000230. The minimum Gasteiger partial charge on any atom is -0.429 e. The van der Waals surface area contributed by atoms with Crippen molar-refractivity contribution in [2.24, 2.45) is 11.5 Å². The number of rotatable bonds is 3. The average Bonchev–Trinajstić information content (AvgIpc) is 2.39. The molecule has 0 aliphatic carbocycles. The lowest BCUT2D eigenvalue weighted by Crippen LogP contribution is -1.95. The Bertz CT molecular complexity index is 354. The van der Waals surface area contributed by atoms with Gasteiger partial charge in [0.2, 0.25) is 0 Å². The lowest BCUT2D eigenvalue weighted by Gasteiger charge is -1.92. The predicted molar refractivity (Wildman–Crippen MR) is 90.9 cm³/mol. The van der Waals surface area contributed by atoms with Gasteiger partial charge in [0.25, 0.3) is 17.0 Å². The number of amides is 2. The maximum atomic E-state index is 9.75. The fourth-order valence-electron chi connectivity index (χ4n) is 0.555. The van der Waals surface area contributed by atoms with Gasteiger partial charge in [-0.3, -0.25) is 14.4 Å². The summed E-state index contributed by atoms with van der Waals surface area (Å²) >= 11 is 6.21. The summed E-state index contributed by atoms with van der Waals surface area (Å²) in [6.07, 6.45) is 2.64. The van der Waals surface area contributed by atoms with E-state index < -0.39 is 10.5 Å². The molecule has 1 aromatic carbocycles. The molecule has 0 bridgehead atoms. The second-order valence-electron chi connectivity index (χ2n) is 3.20. The number of unbranched alkanes of at least 4 members (excludes halogenated alkanes) is 1. The number of thiol groups is 2. The summed E-state index contributed by atoms with van der Waals surface area (Å²) in [7, 11) is 0. The first-order valence-electron chi connectivity index (χ1n) is 5.93. The third-order valence-corrected chi connectivity index (χ3v) is 1.43. The van der Waals surface area contributed by atoms with Gasteiger partial charge < -0.3 is 16.2 Å². The zero-order chi connectivity index (χ0) is 17.1. The van der Waals surface area contributed by atoms with Crippen LogP contribution in [0.4, 0.5) is 9.59 Å². The van der Waals surface area contributed by atoms with Crippen LogP contribution in [0.2, 0.25) is 0 Å². The van der Waals surface area contributed by atoms with Crippen molar-refractivity contribution in [2.75, 3.05) is 0 Å². The number of hydrogen-bond donors (Lipinski definition) is 4. The van der Waals surface area contributed by atoms with Crippen molar-refractivity contribution in [2.45, 2.75) is 26.7 Å². The monoisotopic (exact) mass is 334 g/mol. The standard InChI is InChI=1S/C7H6O2.C4H10.2CH3NOS/c8-6-9-7-4-2-1-3-5-7;1-3-4-2;2*2-1(3)4/h1-6H;3-4H2,1-2H3;2*(H3,2,3,4). The third kappa shape index (κ3) is 45.8. The topological polar surface area (TPSA) is 112 Å². The molecule has 2 amide bonds. The summed E-state index contributed by atoms with van der Waals surface area (Å²) in [5.74, 6) is 0.576. The molecular formula is C13H22N2O4S2. The van der Waals surface area contributed by atoms with E-state index in [-0.39, 0.29) is 0 Å². The van der Waals surface area contributed by atoms with Crippen LogP contribution in [0.5, 0.6) is 5.75 Å². The largest absolute Gasteiger partial charge is 0.429 e. The third-order valence-electron chi connectivity index (χ3n) is 1.43. The van der Waals surface area contributed by atoms with Gasteiger partial charge in [-0.25, -0.2) is 0 Å². The normalized spacial score (nSPS) is 7.43. The van der Waals surface area contributed by atoms with Crippen LogP contribution in [-0.4, -0.2) is 17.0 Å². The van der Waals surface area contributed by atoms with Crippen LogP contribution in [-0.2, 0) is 4.79 Å². The van der Waals surface area contributed by atoms with E-state index in [1.807, 2.05) is 6.07 Å². The molecule has 6 nitrogen and oxygen atoms in total. The zero-order valence-electron chi connectivity index (χ0n) is 12.1. The van der Waals surface area contributed by atoms with Gasteiger partial charge in [-0.1, -0.05) is 70.1 Å². The number of primary amides is 2. The first kappa shape index (κ1) is 24.4. The van der Waals surface area contributed by atoms with E-state index in [2.05, 4.69) is 55.3 Å². The second-order valence-corrected chi connectivity index (χ2v) is 4.09. The van der Waals surface area contributed by atoms with Crippen molar-refractivity contribution in [1.82, 2.24) is 0 Å². The molecule has 0 unspecified atom stereocenters. The highest BCUT2D eigenvalue weighted by molar-refractivity contribution is 7.96. The molecule has 4 N–H and O–H groups in total. The Hall–Kier alpha value is -1.67. The van der Waals surface area contributed by atoms with Crippen molar-refractivity contribution >= 4 is 42.2 Å². The van der Waals surface area contributed by atoms with Crippen LogP contribution in [0, 0.1) is 0 Å². The molecule has 0 aliphatic rings. The van der Waals surface area contributed by atoms with E-state index in [4.69, 9.17) is 9.59 Å². The first-order valence-corrected chi connectivity index (χ1v) is 6.83. The summed E-state index contributed by atoms with van der Waals surface area (Å²) in [5.41, 5.74) is 8.67. The SMILES string of the molecule is CCCC.NC(=O)S.NC(=O)S.O=COc1ccccc1. The molecule has 0 aliphatic heterocycles. The highest BCUT2D eigenvalue weighted by atomic mass is 32.1. The molecule has 120 valence electrons. The molecule has 0 saturated heterocycles. The number of benzene rings is 1. The summed E-state index contributed by atoms with van der Waals surface area (Å²) < 4.78 is 4.53. The number of hydrogen-bond acceptors (Lipinski definition) is 4. The lowest BCUT2D eigenvalue weighted by atomic mass is 10.3. The minimum absolute atomic E-state index is 0.412. The highest BCUT2D eigenvalue weighted by Gasteiger charge is 1.84. The van der Waals surface area contributed by atoms with Gasteiger partial charge in [0.15, 0.2) is 0 Å². The van der Waals surface area contributed by atoms with Crippen molar-refractivity contribution in [3.63, 3.8) is 0 Å². The van der Waals surface area contributed by atoms with Crippen LogP contribution in [0.15, 0.2) is 30.3 Å². The van der Waals surface area contributed by atoms with Gasteiger partial charge in [-0.15, -0.1) is 0 Å². The zero-order valence-corrected chi connectivity index (χ0v) is 13.8. The Labute approximate surface area is 136 Å². The lowest BCUT2D eigenvalue weighted by molar-refractivity contribution is -0.120. The van der Waals surface area contributed by atoms with Gasteiger partial charge in [0.1, 0.15) is 5.75 Å². The molecule has 0 fully saturated rings. The van der Waals surface area contributed by atoms with Crippen LogP contribution in [0.3, 0.4) is 0 Å². The van der Waals surface area contributed by atoms with Crippen LogP contribution >= 0.6 is 25.3 Å². The summed E-state index contributed by atoms with van der Waals surface area (Å²) in [6.45, 7) is 4.77. The fraction of sp³-hybridized carbons (Fsp3) is 0.308. The Kier molecular flexibility index (Phi) is 23.9. The molecule has 0 aromatic heterocycles. The van der Waals surface area contributed by atoms with Crippen molar-refractivity contribution in [3.05, 3.63) is 30.3 Å². The Morgan fingerprint density at radius 2 is 1.38 bits per heavy atom. The van der Waals surface area contributed by atoms with E-state index in [0.717, 1.165) is 0 Å². The summed E-state index contributed by atoms with van der Waals surface area (Å²) in [4.78, 5) is 27.9. The molecule has 0 heterocycles. The van der Waals surface area contributed by atoms with Crippen LogP contribution in [0.1, 0.15) is 26.7 Å². The molecule has 0 atom stereocenters. The first-order chi connectivity index (χ1) is 9.81. The molecule has 0 spiro atoms. The Morgan fingerprint density at radius 1 is 1.05 bits per heavy atom. The van der Waals surface area contributed by atoms with Crippen LogP contribution in [0.25, 0.3) is 0 Å². The van der Waals surface area contributed by atoms with Gasteiger partial charge in [-0.2, -0.15) is 0 Å². The van der Waals surface area contributed by atoms with Gasteiger partial charge in [0, 0.05) is 0 Å². The van der Waals surface area contributed by atoms with E-state index in [0.29, 0.717) is 12.2 Å². The van der Waals surface area contributed by atoms with E-state index in [1.165, 1.54) is 12.8 Å². The quantitative estimate of drug-likeness (QED) is 0.502. The molecular weight excluding hydrogens is 312 g/mol. The van der Waals surface area contributed by atoms with Gasteiger partial charge in [-0.05, 0) is 12.1 Å². The number of carbonyl (C=O) groups is 3. The highest BCUT2D eigenvalue weighted by Crippen LogP contribution is 2.05. The maximum absolute atomic E-state index is 9.75. The molecule has 0 saturated carbocycles. The molecule has 8 heteroatoms. The van der Waals surface area contributed by atoms with Crippen molar-refractivity contribution < 1.29 is 19.1 Å². The molecule has 21 heavy (non-hydrogen) atoms.